The predicted octanol–water partition coefficient (Wildman–Crippen LogP) is 3.78. The van der Waals surface area contributed by atoms with Gasteiger partial charge < -0.3 is 14.4 Å². The average Bonchev–Trinajstić information content (AvgIpc) is 3.07. The highest BCUT2D eigenvalue weighted by atomic mass is 32.1. The second-order valence-electron chi connectivity index (χ2n) is 6.56. The summed E-state index contributed by atoms with van der Waals surface area (Å²) in [7, 11) is 3.44. The number of hydrogen-bond acceptors (Lipinski definition) is 4. The molecule has 0 radical (unpaired) electrons. The first kappa shape index (κ1) is 18.0. The molecule has 4 nitrogen and oxygen atoms in total. The zero-order valence-electron chi connectivity index (χ0n) is 15.0. The van der Waals surface area contributed by atoms with Gasteiger partial charge in [-0.3, -0.25) is 4.79 Å². The monoisotopic (exact) mass is 359 g/mol. The van der Waals surface area contributed by atoms with Crippen LogP contribution < -0.4 is 4.74 Å². The van der Waals surface area contributed by atoms with E-state index in [1.54, 1.807) is 14.2 Å². The van der Waals surface area contributed by atoms with Crippen LogP contribution >= 0.6 is 11.3 Å². The summed E-state index contributed by atoms with van der Waals surface area (Å²) in [5.41, 5.74) is 2.31. The van der Waals surface area contributed by atoms with E-state index in [1.165, 1.54) is 16.9 Å². The molecule has 1 aromatic heterocycles. The Morgan fingerprint density at radius 1 is 1.24 bits per heavy atom. The number of ether oxygens (including phenoxy) is 2. The number of amides is 1. The van der Waals surface area contributed by atoms with Crippen LogP contribution in [-0.2, 0) is 11.2 Å². The quantitative estimate of drug-likeness (QED) is 0.815. The fourth-order valence-corrected chi connectivity index (χ4v) is 4.39. The Labute approximate surface area is 153 Å². The molecule has 0 N–H and O–H groups in total. The van der Waals surface area contributed by atoms with E-state index in [9.17, 15) is 4.79 Å². The van der Waals surface area contributed by atoms with Crippen molar-refractivity contribution in [2.24, 2.45) is 5.92 Å². The molecule has 2 aromatic rings. The minimum atomic E-state index is 0.154. The lowest BCUT2D eigenvalue weighted by molar-refractivity contribution is -0.00286. The molecule has 1 aliphatic heterocycles. The molecule has 5 heteroatoms. The van der Waals surface area contributed by atoms with Crippen LogP contribution in [0, 0.1) is 12.8 Å². The topological polar surface area (TPSA) is 38.8 Å². The third-order valence-corrected chi connectivity index (χ3v) is 5.97. The summed E-state index contributed by atoms with van der Waals surface area (Å²) in [4.78, 5) is 15.7. The van der Waals surface area contributed by atoms with Crippen molar-refractivity contribution in [3.05, 3.63) is 51.7 Å². The lowest BCUT2D eigenvalue weighted by Gasteiger charge is -2.38. The zero-order valence-corrected chi connectivity index (χ0v) is 15.8. The Hall–Kier alpha value is -1.85. The van der Waals surface area contributed by atoms with E-state index in [4.69, 9.17) is 9.47 Å². The highest BCUT2D eigenvalue weighted by Crippen LogP contribution is 2.27. The Kier molecular flexibility index (Phi) is 5.76. The van der Waals surface area contributed by atoms with Gasteiger partial charge in [0.25, 0.3) is 5.91 Å². The number of carbonyl (C=O) groups is 1. The van der Waals surface area contributed by atoms with E-state index in [0.29, 0.717) is 5.92 Å². The van der Waals surface area contributed by atoms with Crippen molar-refractivity contribution in [1.82, 2.24) is 4.90 Å². The molecule has 2 heterocycles. The summed E-state index contributed by atoms with van der Waals surface area (Å²) in [5.74, 6) is 1.32. The van der Waals surface area contributed by atoms with E-state index in [1.807, 2.05) is 35.4 Å². The van der Waals surface area contributed by atoms with Gasteiger partial charge in [-0.2, -0.15) is 0 Å². The van der Waals surface area contributed by atoms with Crippen LogP contribution in [0.4, 0.5) is 0 Å². The number of rotatable bonds is 5. The van der Waals surface area contributed by atoms with E-state index >= 15 is 0 Å². The number of methoxy groups -OCH3 is 2. The minimum Gasteiger partial charge on any atom is -0.497 e. The maximum atomic E-state index is 12.8. The number of benzene rings is 1. The lowest BCUT2D eigenvalue weighted by atomic mass is 9.88. The van der Waals surface area contributed by atoms with E-state index in [2.05, 4.69) is 12.1 Å². The van der Waals surface area contributed by atoms with Gasteiger partial charge in [-0.05, 0) is 54.5 Å². The molecule has 0 unspecified atom stereocenters. The summed E-state index contributed by atoms with van der Waals surface area (Å²) in [6, 6.07) is 10.2. The second kappa shape index (κ2) is 8.02. The smallest absolute Gasteiger partial charge is 0.264 e. The third kappa shape index (κ3) is 4.05. The van der Waals surface area contributed by atoms with E-state index < -0.39 is 0 Å². The molecule has 1 aromatic carbocycles. The van der Waals surface area contributed by atoms with Crippen molar-refractivity contribution in [3.63, 3.8) is 0 Å². The van der Waals surface area contributed by atoms with Crippen molar-refractivity contribution >= 4 is 17.2 Å². The van der Waals surface area contributed by atoms with Gasteiger partial charge in [0.05, 0.1) is 18.1 Å². The van der Waals surface area contributed by atoms with Gasteiger partial charge >= 0.3 is 0 Å². The van der Waals surface area contributed by atoms with Gasteiger partial charge in [0.1, 0.15) is 5.75 Å². The van der Waals surface area contributed by atoms with Crippen LogP contribution in [0.5, 0.6) is 5.75 Å². The zero-order chi connectivity index (χ0) is 17.8. The fraction of sp³-hybridized carbons (Fsp3) is 0.450. The Morgan fingerprint density at radius 3 is 2.60 bits per heavy atom. The van der Waals surface area contributed by atoms with E-state index in [-0.39, 0.29) is 12.0 Å². The van der Waals surface area contributed by atoms with Crippen LogP contribution in [0.25, 0.3) is 0 Å². The molecule has 0 bridgehead atoms. The highest BCUT2D eigenvalue weighted by Gasteiger charge is 2.32. The molecule has 1 aliphatic rings. The normalized spacial score (nSPS) is 20.5. The standard InChI is InChI=1S/C20H25NO3S/c1-14-9-11-25-19(14)20(22)21-10-8-18(24-3)16(13-21)12-15-4-6-17(23-2)7-5-15/h4-7,9,11,16,18H,8,10,12-13H2,1-3H3/t16-,18+/m1/s1. The van der Waals surface area contributed by atoms with Gasteiger partial charge in [-0.25, -0.2) is 0 Å². The van der Waals surface area contributed by atoms with Crippen molar-refractivity contribution in [2.75, 3.05) is 27.3 Å². The molecule has 1 fully saturated rings. The van der Waals surface area contributed by atoms with Gasteiger partial charge in [-0.1, -0.05) is 12.1 Å². The average molecular weight is 359 g/mol. The van der Waals surface area contributed by atoms with Gasteiger partial charge in [0.15, 0.2) is 0 Å². The summed E-state index contributed by atoms with van der Waals surface area (Å²) in [5, 5.41) is 1.99. The van der Waals surface area contributed by atoms with Crippen LogP contribution in [0.15, 0.2) is 35.7 Å². The number of hydrogen-bond donors (Lipinski definition) is 0. The third-order valence-electron chi connectivity index (χ3n) is 4.97. The molecule has 0 aliphatic carbocycles. The lowest BCUT2D eigenvalue weighted by Crippen LogP contribution is -2.47. The van der Waals surface area contributed by atoms with Crippen molar-refractivity contribution in [1.29, 1.82) is 0 Å². The molecule has 2 atom stereocenters. The molecular formula is C20H25NO3S. The Morgan fingerprint density at radius 2 is 2.00 bits per heavy atom. The molecule has 1 amide bonds. The minimum absolute atomic E-state index is 0.154. The number of nitrogens with zero attached hydrogens (tertiary/aromatic N) is 1. The first-order chi connectivity index (χ1) is 12.1. The summed E-state index contributed by atoms with van der Waals surface area (Å²) in [6.45, 7) is 3.50. The van der Waals surface area contributed by atoms with Gasteiger partial charge in [0.2, 0.25) is 0 Å². The summed E-state index contributed by atoms with van der Waals surface area (Å²) >= 11 is 1.53. The summed E-state index contributed by atoms with van der Waals surface area (Å²) in [6.07, 6.45) is 1.97. The highest BCUT2D eigenvalue weighted by molar-refractivity contribution is 7.12. The summed E-state index contributed by atoms with van der Waals surface area (Å²) < 4.78 is 10.9. The Balaban J connectivity index is 1.71. The van der Waals surface area contributed by atoms with E-state index in [0.717, 1.165) is 42.1 Å². The number of likely N-dealkylation sites (tertiary alicyclic amines) is 1. The molecule has 0 saturated carbocycles. The predicted molar refractivity (Wildman–Crippen MR) is 101 cm³/mol. The molecule has 134 valence electrons. The Bertz CT molecular complexity index is 710. The van der Waals surface area contributed by atoms with Crippen LogP contribution in [0.3, 0.4) is 0 Å². The molecule has 3 rings (SSSR count). The van der Waals surface area contributed by atoms with Gasteiger partial charge in [0, 0.05) is 26.1 Å². The molecular weight excluding hydrogens is 334 g/mol. The van der Waals surface area contributed by atoms with Crippen LogP contribution in [-0.4, -0.2) is 44.2 Å². The second-order valence-corrected chi connectivity index (χ2v) is 7.48. The van der Waals surface area contributed by atoms with Gasteiger partial charge in [-0.15, -0.1) is 11.3 Å². The molecule has 0 spiro atoms. The fourth-order valence-electron chi connectivity index (χ4n) is 3.50. The van der Waals surface area contributed by atoms with Crippen LogP contribution in [0.2, 0.25) is 0 Å². The number of carbonyl (C=O) groups excluding carboxylic acids is 1. The first-order valence-electron chi connectivity index (χ1n) is 8.61. The van der Waals surface area contributed by atoms with Crippen molar-refractivity contribution in [3.8, 4) is 5.75 Å². The molecule has 25 heavy (non-hydrogen) atoms. The van der Waals surface area contributed by atoms with Crippen molar-refractivity contribution < 1.29 is 14.3 Å². The number of thiophene rings is 1. The van der Waals surface area contributed by atoms with Crippen LogP contribution in [0.1, 0.15) is 27.2 Å². The van der Waals surface area contributed by atoms with Crippen molar-refractivity contribution in [2.45, 2.75) is 25.9 Å². The molecule has 1 saturated heterocycles. The maximum Gasteiger partial charge on any atom is 0.264 e. The number of piperidine rings is 1. The largest absolute Gasteiger partial charge is 0.497 e. The number of aryl methyl sites for hydroxylation is 1. The first-order valence-corrected chi connectivity index (χ1v) is 9.49. The SMILES string of the molecule is COc1ccc(C[C@@H]2CN(C(=O)c3sccc3C)CC[C@@H]2OC)cc1. The maximum absolute atomic E-state index is 12.8.